The van der Waals surface area contributed by atoms with Crippen LogP contribution in [0.15, 0.2) is 53.5 Å². The number of nitrogens with zero attached hydrogens (tertiary/aromatic N) is 1. The summed E-state index contributed by atoms with van der Waals surface area (Å²) in [4.78, 5) is 4.55. The average molecular weight is 437 g/mol. The van der Waals surface area contributed by atoms with E-state index < -0.39 is 10.0 Å². The largest absolute Gasteiger partial charge is 0.489 e. The Hall–Kier alpha value is -2.65. The zero-order valence-corrected chi connectivity index (χ0v) is 18.3. The fourth-order valence-corrected chi connectivity index (χ4v) is 3.35. The second-order valence-electron chi connectivity index (χ2n) is 6.74. The number of ether oxygens (including phenoxy) is 1. The maximum atomic E-state index is 13.0. The van der Waals surface area contributed by atoms with Gasteiger partial charge in [-0.15, -0.1) is 0 Å². The van der Waals surface area contributed by atoms with E-state index in [1.165, 1.54) is 19.2 Å². The Morgan fingerprint density at radius 2 is 1.70 bits per heavy atom. The second-order valence-corrected chi connectivity index (χ2v) is 8.66. The molecule has 0 bridgehead atoms. The number of hydrogen-bond donors (Lipinski definition) is 3. The third-order valence-corrected chi connectivity index (χ3v) is 5.50. The Morgan fingerprint density at radius 3 is 2.30 bits per heavy atom. The van der Waals surface area contributed by atoms with Gasteiger partial charge < -0.3 is 15.4 Å². The molecule has 0 spiro atoms. The minimum Gasteiger partial charge on any atom is -0.489 e. The Morgan fingerprint density at radius 1 is 1.07 bits per heavy atom. The van der Waals surface area contributed by atoms with E-state index >= 15 is 0 Å². The Bertz CT molecular complexity index is 916. The van der Waals surface area contributed by atoms with Gasteiger partial charge in [0, 0.05) is 6.54 Å². The second kappa shape index (κ2) is 11.5. The molecule has 3 N–H and O–H groups in total. The molecule has 0 aromatic heterocycles. The predicted octanol–water partition coefficient (Wildman–Crippen LogP) is 2.40. The highest BCUT2D eigenvalue weighted by molar-refractivity contribution is 7.88. The highest BCUT2D eigenvalue weighted by atomic mass is 32.2. The molecule has 30 heavy (non-hydrogen) atoms. The number of hydrogen-bond acceptors (Lipinski definition) is 4. The van der Waals surface area contributed by atoms with Crippen molar-refractivity contribution in [3.05, 3.63) is 65.5 Å². The molecular formula is C21H29FN4O3S. The number of benzene rings is 2. The quantitative estimate of drug-likeness (QED) is 0.393. The first-order valence-electron chi connectivity index (χ1n) is 9.74. The zero-order valence-electron chi connectivity index (χ0n) is 17.5. The Kier molecular flexibility index (Phi) is 9.07. The van der Waals surface area contributed by atoms with Crippen molar-refractivity contribution in [2.75, 3.05) is 20.1 Å². The molecule has 2 rings (SSSR count). The third kappa shape index (κ3) is 8.38. The van der Waals surface area contributed by atoms with Crippen molar-refractivity contribution in [1.29, 1.82) is 0 Å². The molecule has 0 aliphatic carbocycles. The van der Waals surface area contributed by atoms with Gasteiger partial charge in [0.05, 0.1) is 18.8 Å². The number of rotatable bonds is 10. The molecule has 0 aliphatic rings. The normalized spacial score (nSPS) is 13.0. The van der Waals surface area contributed by atoms with Crippen LogP contribution in [0.2, 0.25) is 0 Å². The van der Waals surface area contributed by atoms with Gasteiger partial charge in [-0.05, 0) is 56.3 Å². The van der Waals surface area contributed by atoms with Gasteiger partial charge in [-0.2, -0.15) is 0 Å². The van der Waals surface area contributed by atoms with Crippen LogP contribution in [0.5, 0.6) is 5.75 Å². The average Bonchev–Trinajstić information content (AvgIpc) is 2.72. The van der Waals surface area contributed by atoms with E-state index in [4.69, 9.17) is 4.74 Å². The number of aliphatic imine (C=N–C) groups is 1. The third-order valence-electron chi connectivity index (χ3n) is 4.16. The zero-order chi connectivity index (χ0) is 22.0. The molecule has 0 aliphatic heterocycles. The van der Waals surface area contributed by atoms with Crippen LogP contribution in [-0.4, -0.2) is 40.6 Å². The van der Waals surface area contributed by atoms with Crippen LogP contribution >= 0.6 is 0 Å². The van der Waals surface area contributed by atoms with Crippen molar-refractivity contribution < 1.29 is 17.5 Å². The molecule has 2 aromatic rings. The summed E-state index contributed by atoms with van der Waals surface area (Å²) in [5.74, 6) is 0.900. The van der Waals surface area contributed by atoms with Gasteiger partial charge in [-0.1, -0.05) is 24.3 Å². The lowest BCUT2D eigenvalue weighted by Crippen LogP contribution is -2.41. The molecule has 1 atom stereocenters. The fourth-order valence-electron chi connectivity index (χ4n) is 2.57. The van der Waals surface area contributed by atoms with E-state index in [-0.39, 0.29) is 17.7 Å². The van der Waals surface area contributed by atoms with Gasteiger partial charge in [0.2, 0.25) is 10.0 Å². The van der Waals surface area contributed by atoms with Gasteiger partial charge >= 0.3 is 0 Å². The highest BCUT2D eigenvalue weighted by Crippen LogP contribution is 2.13. The summed E-state index contributed by atoms with van der Waals surface area (Å²) < 4.78 is 44.3. The predicted molar refractivity (Wildman–Crippen MR) is 117 cm³/mol. The fraction of sp³-hybridized carbons (Fsp3) is 0.381. The van der Waals surface area contributed by atoms with Crippen LogP contribution in [0, 0.1) is 5.82 Å². The van der Waals surface area contributed by atoms with Crippen molar-refractivity contribution in [2.24, 2.45) is 4.99 Å². The van der Waals surface area contributed by atoms with Crippen molar-refractivity contribution >= 4 is 16.0 Å². The topological polar surface area (TPSA) is 91.8 Å². The summed E-state index contributed by atoms with van der Waals surface area (Å²) in [6.07, 6.45) is -0.146. The van der Waals surface area contributed by atoms with Gasteiger partial charge in [0.15, 0.2) is 5.96 Å². The maximum Gasteiger partial charge on any atom is 0.215 e. The first kappa shape index (κ1) is 23.6. The van der Waals surface area contributed by atoms with E-state index in [0.717, 1.165) is 5.56 Å². The smallest absolute Gasteiger partial charge is 0.215 e. The summed E-state index contributed by atoms with van der Waals surface area (Å²) in [5, 5.41) is 6.40. The van der Waals surface area contributed by atoms with E-state index in [9.17, 15) is 12.8 Å². The van der Waals surface area contributed by atoms with E-state index in [2.05, 4.69) is 20.3 Å². The first-order chi connectivity index (χ1) is 14.3. The first-order valence-corrected chi connectivity index (χ1v) is 11.4. The minimum atomic E-state index is -3.29. The van der Waals surface area contributed by atoms with Crippen LogP contribution in [0.4, 0.5) is 4.39 Å². The molecule has 0 amide bonds. The van der Waals surface area contributed by atoms with Crippen LogP contribution in [0.1, 0.15) is 25.0 Å². The maximum absolute atomic E-state index is 13.0. The summed E-state index contributed by atoms with van der Waals surface area (Å²) in [5.41, 5.74) is 1.68. The summed E-state index contributed by atoms with van der Waals surface area (Å²) in [6, 6.07) is 13.2. The Balaban J connectivity index is 1.89. The molecule has 0 heterocycles. The van der Waals surface area contributed by atoms with Crippen molar-refractivity contribution in [2.45, 2.75) is 32.2 Å². The molecule has 0 saturated heterocycles. The molecule has 9 heteroatoms. The SMILES string of the molecule is CCNC(=NCc1ccc(CS(=O)(=O)NC)cc1)NCC(C)Oc1ccc(F)cc1. The molecule has 2 aromatic carbocycles. The molecule has 0 saturated carbocycles. The molecule has 1 unspecified atom stereocenters. The lowest BCUT2D eigenvalue weighted by Gasteiger charge is -2.17. The van der Waals surface area contributed by atoms with E-state index in [0.29, 0.717) is 36.9 Å². The monoisotopic (exact) mass is 436 g/mol. The highest BCUT2D eigenvalue weighted by Gasteiger charge is 2.09. The number of nitrogens with one attached hydrogen (secondary N) is 3. The number of sulfonamides is 1. The summed E-state index contributed by atoms with van der Waals surface area (Å²) in [6.45, 7) is 5.57. The molecule has 164 valence electrons. The van der Waals surface area contributed by atoms with Gasteiger partial charge in [0.1, 0.15) is 17.7 Å². The lowest BCUT2D eigenvalue weighted by molar-refractivity contribution is 0.223. The molecule has 0 fully saturated rings. The van der Waals surface area contributed by atoms with Gasteiger partial charge in [-0.3, -0.25) is 0 Å². The van der Waals surface area contributed by atoms with Crippen LogP contribution in [0.25, 0.3) is 0 Å². The summed E-state index contributed by atoms with van der Waals surface area (Å²) >= 11 is 0. The Labute approximate surface area is 177 Å². The van der Waals surface area contributed by atoms with Gasteiger partial charge in [-0.25, -0.2) is 22.5 Å². The number of guanidine groups is 1. The van der Waals surface area contributed by atoms with Crippen molar-refractivity contribution in [3.63, 3.8) is 0 Å². The molecule has 7 nitrogen and oxygen atoms in total. The van der Waals surface area contributed by atoms with Crippen LogP contribution < -0.4 is 20.1 Å². The van der Waals surface area contributed by atoms with Crippen LogP contribution in [-0.2, 0) is 22.3 Å². The van der Waals surface area contributed by atoms with E-state index in [1.54, 1.807) is 24.3 Å². The minimum absolute atomic E-state index is 0.0524. The van der Waals surface area contributed by atoms with Crippen molar-refractivity contribution in [1.82, 2.24) is 15.4 Å². The number of halogens is 1. The molecule has 0 radical (unpaired) electrons. The summed E-state index contributed by atoms with van der Waals surface area (Å²) in [7, 11) is -1.88. The van der Waals surface area contributed by atoms with Crippen molar-refractivity contribution in [3.8, 4) is 5.75 Å². The molecular weight excluding hydrogens is 407 g/mol. The van der Waals surface area contributed by atoms with Crippen LogP contribution in [0.3, 0.4) is 0 Å². The standard InChI is InChI=1S/C21H29FN4O3S/c1-4-24-21(25-13-16(2)29-20-11-9-19(22)10-12-20)26-14-17-5-7-18(8-6-17)15-30(27,28)23-3/h5-12,16,23H,4,13-15H2,1-3H3,(H2,24,25,26). The lowest BCUT2D eigenvalue weighted by atomic mass is 10.1. The van der Waals surface area contributed by atoms with Gasteiger partial charge in [0.25, 0.3) is 0 Å². The van der Waals surface area contributed by atoms with E-state index in [1.807, 2.05) is 26.0 Å².